The predicted octanol–water partition coefficient (Wildman–Crippen LogP) is 6.55. The zero-order valence-electron chi connectivity index (χ0n) is 14.4. The Balaban J connectivity index is 2.87. The predicted molar refractivity (Wildman–Crippen MR) is 87.3 cm³/mol. The summed E-state index contributed by atoms with van der Waals surface area (Å²) >= 11 is 0. The van der Waals surface area contributed by atoms with Gasteiger partial charge >= 0.3 is 0 Å². The molecule has 0 nitrogen and oxygen atoms in total. The fourth-order valence-electron chi connectivity index (χ4n) is 4.98. The van der Waals surface area contributed by atoms with Crippen LogP contribution in [0.1, 0.15) is 86.5 Å². The second kappa shape index (κ2) is 8.32. The van der Waals surface area contributed by atoms with E-state index in [1.54, 1.807) is 0 Å². The van der Waals surface area contributed by atoms with Gasteiger partial charge in [-0.15, -0.1) is 0 Å². The molecule has 0 heterocycles. The van der Waals surface area contributed by atoms with Crippen molar-refractivity contribution < 1.29 is 0 Å². The lowest BCUT2D eigenvalue weighted by Crippen LogP contribution is -2.38. The minimum atomic E-state index is 0.923. The molecule has 1 rings (SSSR count). The van der Waals surface area contributed by atoms with Crippen molar-refractivity contribution in [1.82, 2.24) is 0 Å². The maximum atomic E-state index is 2.57. The minimum absolute atomic E-state index is 0.923. The van der Waals surface area contributed by atoms with E-state index < -0.39 is 0 Å². The van der Waals surface area contributed by atoms with Gasteiger partial charge in [-0.25, -0.2) is 0 Å². The Kier molecular flexibility index (Phi) is 7.47. The molecule has 0 aromatic rings. The van der Waals surface area contributed by atoms with Gasteiger partial charge in [0.2, 0.25) is 0 Å². The lowest BCUT2D eigenvalue weighted by atomic mass is 9.59. The summed E-state index contributed by atoms with van der Waals surface area (Å²) in [7, 11) is 0. The first-order chi connectivity index (χ1) is 9.10. The molecule has 0 radical (unpaired) electrons. The van der Waals surface area contributed by atoms with Gasteiger partial charge in [0.1, 0.15) is 0 Å². The van der Waals surface area contributed by atoms with Crippen LogP contribution >= 0.6 is 0 Å². The van der Waals surface area contributed by atoms with Gasteiger partial charge in [-0.1, -0.05) is 80.1 Å². The van der Waals surface area contributed by atoms with Crippen LogP contribution < -0.4 is 0 Å². The van der Waals surface area contributed by atoms with Gasteiger partial charge in [0.25, 0.3) is 0 Å². The van der Waals surface area contributed by atoms with Crippen LogP contribution in [0.4, 0.5) is 0 Å². The van der Waals surface area contributed by atoms with E-state index >= 15 is 0 Å². The normalized spacial score (nSPS) is 31.4. The van der Waals surface area contributed by atoms with Crippen molar-refractivity contribution in [3.8, 4) is 0 Å². The van der Waals surface area contributed by atoms with Crippen LogP contribution in [0, 0.1) is 35.5 Å². The second-order valence-corrected chi connectivity index (χ2v) is 7.16. The zero-order chi connectivity index (χ0) is 14.4. The molecule has 0 aromatic carbocycles. The molecular formula is C19H38. The van der Waals surface area contributed by atoms with Crippen molar-refractivity contribution in [2.75, 3.05) is 0 Å². The second-order valence-electron chi connectivity index (χ2n) is 7.16. The Morgan fingerprint density at radius 2 is 1.53 bits per heavy atom. The van der Waals surface area contributed by atoms with Crippen molar-refractivity contribution in [3.05, 3.63) is 0 Å². The minimum Gasteiger partial charge on any atom is -0.0651 e. The molecule has 0 N–H and O–H groups in total. The van der Waals surface area contributed by atoms with Gasteiger partial charge < -0.3 is 0 Å². The highest BCUT2D eigenvalue weighted by atomic mass is 14.4. The van der Waals surface area contributed by atoms with Crippen molar-refractivity contribution in [3.63, 3.8) is 0 Å². The van der Waals surface area contributed by atoms with Crippen LogP contribution in [0.3, 0.4) is 0 Å². The summed E-state index contributed by atoms with van der Waals surface area (Å²) < 4.78 is 0. The maximum Gasteiger partial charge on any atom is -0.0329 e. The summed E-state index contributed by atoms with van der Waals surface area (Å²) in [6, 6.07) is 0. The summed E-state index contributed by atoms with van der Waals surface area (Å²) in [5, 5.41) is 0. The highest BCUT2D eigenvalue weighted by Gasteiger charge is 2.39. The van der Waals surface area contributed by atoms with Crippen molar-refractivity contribution in [2.45, 2.75) is 86.5 Å². The van der Waals surface area contributed by atoms with Gasteiger partial charge in [0.05, 0.1) is 0 Å². The summed E-state index contributed by atoms with van der Waals surface area (Å²) in [4.78, 5) is 0. The van der Waals surface area contributed by atoms with Crippen LogP contribution in [0.25, 0.3) is 0 Å². The Hall–Kier alpha value is 0. The van der Waals surface area contributed by atoms with Crippen molar-refractivity contribution in [2.24, 2.45) is 35.5 Å². The molecule has 0 aliphatic heterocycles. The molecule has 0 amide bonds. The molecule has 19 heavy (non-hydrogen) atoms. The molecule has 1 fully saturated rings. The van der Waals surface area contributed by atoms with Gasteiger partial charge in [0.15, 0.2) is 0 Å². The van der Waals surface area contributed by atoms with Crippen LogP contribution in [-0.4, -0.2) is 0 Å². The van der Waals surface area contributed by atoms with Crippen molar-refractivity contribution in [1.29, 1.82) is 0 Å². The molecule has 0 saturated heterocycles. The average Bonchev–Trinajstić information content (AvgIpc) is 2.46. The maximum absolute atomic E-state index is 2.57. The van der Waals surface area contributed by atoms with Gasteiger partial charge in [-0.3, -0.25) is 0 Å². The van der Waals surface area contributed by atoms with Crippen LogP contribution in [0.15, 0.2) is 0 Å². The molecule has 0 bridgehead atoms. The smallest absolute Gasteiger partial charge is 0.0329 e. The summed E-state index contributed by atoms with van der Waals surface area (Å²) in [6.07, 6.45) is 10.0. The van der Waals surface area contributed by atoms with Crippen LogP contribution in [0.5, 0.6) is 0 Å². The summed E-state index contributed by atoms with van der Waals surface area (Å²) in [5.74, 6) is 5.81. The standard InChI is InChI=1S/C19H38/c1-7-14(5)19-17(10-4)12-11-13-18(19)15(6)16(8-2)9-3/h14-19H,7-13H2,1-6H3. The molecule has 114 valence electrons. The Morgan fingerprint density at radius 1 is 0.895 bits per heavy atom. The highest BCUT2D eigenvalue weighted by Crippen LogP contribution is 2.47. The zero-order valence-corrected chi connectivity index (χ0v) is 14.4. The van der Waals surface area contributed by atoms with E-state index in [0.29, 0.717) is 0 Å². The third-order valence-corrected chi connectivity index (χ3v) is 6.44. The first-order valence-electron chi connectivity index (χ1n) is 9.10. The molecule has 0 spiro atoms. The molecule has 5 atom stereocenters. The Morgan fingerprint density at radius 3 is 2.00 bits per heavy atom. The molecule has 1 aliphatic rings. The first-order valence-corrected chi connectivity index (χ1v) is 9.10. The monoisotopic (exact) mass is 266 g/mol. The number of rotatable bonds is 7. The van der Waals surface area contributed by atoms with E-state index in [-0.39, 0.29) is 0 Å². The quantitative estimate of drug-likeness (QED) is 0.490. The molecular weight excluding hydrogens is 228 g/mol. The van der Waals surface area contributed by atoms with E-state index in [0.717, 1.165) is 35.5 Å². The third kappa shape index (κ3) is 3.99. The summed E-state index contributed by atoms with van der Waals surface area (Å²) in [5.41, 5.74) is 0. The largest absolute Gasteiger partial charge is 0.0651 e. The van der Waals surface area contributed by atoms with Crippen LogP contribution in [0.2, 0.25) is 0 Å². The highest BCUT2D eigenvalue weighted by molar-refractivity contribution is 4.88. The summed E-state index contributed by atoms with van der Waals surface area (Å²) in [6.45, 7) is 14.7. The number of hydrogen-bond acceptors (Lipinski definition) is 0. The van der Waals surface area contributed by atoms with Gasteiger partial charge in [-0.05, 0) is 41.9 Å². The Bertz CT molecular complexity index is 228. The molecule has 5 unspecified atom stereocenters. The van der Waals surface area contributed by atoms with Gasteiger partial charge in [-0.2, -0.15) is 0 Å². The lowest BCUT2D eigenvalue weighted by molar-refractivity contribution is 0.0357. The van der Waals surface area contributed by atoms with E-state index in [1.807, 2.05) is 0 Å². The fourth-order valence-corrected chi connectivity index (χ4v) is 4.98. The van der Waals surface area contributed by atoms with E-state index in [2.05, 4.69) is 41.5 Å². The van der Waals surface area contributed by atoms with E-state index in [4.69, 9.17) is 0 Å². The lowest BCUT2D eigenvalue weighted by Gasteiger charge is -2.46. The molecule has 0 aromatic heterocycles. The molecule has 1 aliphatic carbocycles. The average molecular weight is 267 g/mol. The van der Waals surface area contributed by atoms with Gasteiger partial charge in [0, 0.05) is 0 Å². The number of hydrogen-bond donors (Lipinski definition) is 0. The molecule has 0 heteroatoms. The van der Waals surface area contributed by atoms with E-state index in [9.17, 15) is 0 Å². The van der Waals surface area contributed by atoms with Crippen LogP contribution in [-0.2, 0) is 0 Å². The molecule has 1 saturated carbocycles. The fraction of sp³-hybridized carbons (Fsp3) is 1.00. The van der Waals surface area contributed by atoms with E-state index in [1.165, 1.54) is 44.9 Å². The third-order valence-electron chi connectivity index (χ3n) is 6.44. The van der Waals surface area contributed by atoms with Crippen molar-refractivity contribution >= 4 is 0 Å². The Labute approximate surface area is 122 Å². The topological polar surface area (TPSA) is 0 Å². The first kappa shape index (κ1) is 17.1. The SMILES string of the molecule is CCC(C)C1C(CC)CCCC1C(C)C(CC)CC.